The van der Waals surface area contributed by atoms with Crippen LogP contribution in [0.2, 0.25) is 0 Å². The number of rotatable bonds is 14. The first-order chi connectivity index (χ1) is 26.9. The third-order valence-electron chi connectivity index (χ3n) is 10.7. The Hall–Kier alpha value is -5.06. The van der Waals surface area contributed by atoms with Crippen LogP contribution in [0, 0.1) is 0 Å². The van der Waals surface area contributed by atoms with Gasteiger partial charge < -0.3 is 28.4 Å². The largest absolute Gasteiger partial charge is 0.497 e. The van der Waals surface area contributed by atoms with Crippen molar-refractivity contribution in [3.8, 4) is 56.8 Å². The van der Waals surface area contributed by atoms with Crippen molar-refractivity contribution in [1.82, 2.24) is 9.80 Å². The van der Waals surface area contributed by atoms with E-state index in [4.69, 9.17) is 28.4 Å². The Kier molecular flexibility index (Phi) is 12.2. The summed E-state index contributed by atoms with van der Waals surface area (Å²) in [5.74, 6) is 4.03. The first-order valence-corrected chi connectivity index (χ1v) is 19.7. The zero-order chi connectivity index (χ0) is 38.3. The molecule has 0 aromatic heterocycles. The number of piperidine rings is 1. The van der Waals surface area contributed by atoms with Crippen LogP contribution in [0.4, 0.5) is 0 Å². The first kappa shape index (κ1) is 38.2. The minimum atomic E-state index is -0.00940. The van der Waals surface area contributed by atoms with Crippen LogP contribution in [0.15, 0.2) is 60.7 Å². The predicted octanol–water partition coefficient (Wildman–Crippen LogP) is 7.95. The van der Waals surface area contributed by atoms with Gasteiger partial charge in [-0.1, -0.05) is 30.7 Å². The number of hydrogen-bond donors (Lipinski definition) is 0. The average molecular weight is 749 g/mol. The Morgan fingerprint density at radius 1 is 0.491 bits per heavy atom. The van der Waals surface area contributed by atoms with Crippen molar-refractivity contribution in [1.29, 1.82) is 0 Å². The molecule has 0 saturated carbocycles. The lowest BCUT2D eigenvalue weighted by molar-refractivity contribution is 0.103. The molecule has 4 aromatic carbocycles. The van der Waals surface area contributed by atoms with Crippen LogP contribution in [0.25, 0.3) is 22.3 Å². The van der Waals surface area contributed by atoms with Crippen LogP contribution in [0.3, 0.4) is 0 Å². The van der Waals surface area contributed by atoms with E-state index in [0.29, 0.717) is 71.7 Å². The summed E-state index contributed by atoms with van der Waals surface area (Å²) in [4.78, 5) is 30.8. The molecule has 8 rings (SSSR count). The summed E-state index contributed by atoms with van der Waals surface area (Å²) < 4.78 is 34.7. The van der Waals surface area contributed by atoms with Gasteiger partial charge in [0.15, 0.2) is 11.6 Å². The van der Waals surface area contributed by atoms with Crippen molar-refractivity contribution in [3.63, 3.8) is 0 Å². The number of carbonyl (C=O) groups is 2. The van der Waals surface area contributed by atoms with Crippen LogP contribution < -0.4 is 28.4 Å². The van der Waals surface area contributed by atoms with Gasteiger partial charge in [-0.15, -0.1) is 0 Å². The molecule has 0 spiro atoms. The summed E-state index contributed by atoms with van der Waals surface area (Å²) in [6.07, 6.45) is 6.39. The molecule has 2 saturated heterocycles. The highest BCUT2D eigenvalue weighted by molar-refractivity contribution is 6.24. The normalized spacial score (nSPS) is 15.7. The predicted molar refractivity (Wildman–Crippen MR) is 213 cm³/mol. The molecule has 2 aliphatic heterocycles. The number of carbonyl (C=O) groups excluding carboxylic acids is 2. The molecule has 0 N–H and O–H groups in total. The van der Waals surface area contributed by atoms with Gasteiger partial charge in [0.2, 0.25) is 0 Å². The molecule has 0 unspecified atom stereocenters. The van der Waals surface area contributed by atoms with E-state index in [1.807, 2.05) is 62.4 Å². The Morgan fingerprint density at radius 2 is 0.891 bits per heavy atom. The van der Waals surface area contributed by atoms with Crippen LogP contribution in [-0.4, -0.2) is 101 Å². The molecule has 290 valence electrons. The van der Waals surface area contributed by atoms with Crippen molar-refractivity contribution in [3.05, 3.63) is 82.9 Å². The van der Waals surface area contributed by atoms with Gasteiger partial charge in [0, 0.05) is 69.7 Å². The highest BCUT2D eigenvalue weighted by Crippen LogP contribution is 2.50. The van der Waals surface area contributed by atoms with E-state index >= 15 is 0 Å². The van der Waals surface area contributed by atoms with E-state index in [-0.39, 0.29) is 11.6 Å². The Labute approximate surface area is 324 Å². The Balaban J connectivity index is 0.000000169. The summed E-state index contributed by atoms with van der Waals surface area (Å²) in [6, 6.07) is 18.6. The van der Waals surface area contributed by atoms with Crippen LogP contribution in [0.5, 0.6) is 34.5 Å². The lowest BCUT2D eigenvalue weighted by Crippen LogP contribution is -2.33. The van der Waals surface area contributed by atoms with Crippen LogP contribution >= 0.6 is 0 Å². The maximum atomic E-state index is 13.0. The number of hydrogen-bond acceptors (Lipinski definition) is 10. The standard InChI is InChI=1S/C23H27NO4.C22H25NO4/c1-3-27-20-15-16(26-2)14-18-22(20)21-17(23(18)25)8-7-9-19(21)28-13-12-24-10-5-4-6-11-24;1-3-26-19-14-15(25-2)13-17-21(19)20-16(22(17)24)7-6-8-18(20)27-12-11-23-9-4-5-10-23/h7-9,14-15H,3-6,10-13H2,1-2H3;6-8,13-14H,3-5,9-12H2,1-2H3. The fraction of sp³-hybridized carbons (Fsp3) is 0.422. The van der Waals surface area contributed by atoms with E-state index in [1.165, 1.54) is 32.1 Å². The zero-order valence-electron chi connectivity index (χ0n) is 32.5. The molecule has 10 heteroatoms. The molecule has 55 heavy (non-hydrogen) atoms. The molecule has 10 nitrogen and oxygen atoms in total. The third kappa shape index (κ3) is 8.02. The molecule has 2 heterocycles. The zero-order valence-corrected chi connectivity index (χ0v) is 32.5. The topological polar surface area (TPSA) is 96.0 Å². The summed E-state index contributed by atoms with van der Waals surface area (Å²) in [5.41, 5.74) is 5.87. The van der Waals surface area contributed by atoms with Gasteiger partial charge in [0.05, 0.1) is 27.4 Å². The van der Waals surface area contributed by atoms with Crippen molar-refractivity contribution in [2.75, 3.05) is 79.9 Å². The van der Waals surface area contributed by atoms with Gasteiger partial charge in [-0.25, -0.2) is 0 Å². The fourth-order valence-electron chi connectivity index (χ4n) is 8.07. The average Bonchev–Trinajstić information content (AvgIpc) is 3.92. The van der Waals surface area contributed by atoms with Crippen molar-refractivity contribution >= 4 is 11.6 Å². The molecular formula is C45H52N2O8. The SMILES string of the molecule is CCOc1cc(OC)cc2c1-c1c(OCCN3CCCC3)cccc1C2=O.CCOc1cc(OC)cc2c1-c1c(OCCN3CCCCC3)cccc1C2=O. The summed E-state index contributed by atoms with van der Waals surface area (Å²) >= 11 is 0. The number of nitrogens with zero attached hydrogens (tertiary/aromatic N) is 2. The minimum Gasteiger partial charge on any atom is -0.497 e. The Bertz CT molecular complexity index is 2010. The fourth-order valence-corrected chi connectivity index (χ4v) is 8.07. The lowest BCUT2D eigenvalue weighted by atomic mass is 10.0. The third-order valence-corrected chi connectivity index (χ3v) is 10.7. The number of benzene rings is 4. The smallest absolute Gasteiger partial charge is 0.194 e. The van der Waals surface area contributed by atoms with E-state index in [9.17, 15) is 9.59 Å². The number of likely N-dealkylation sites (tertiary alicyclic amines) is 2. The van der Waals surface area contributed by atoms with Crippen LogP contribution in [-0.2, 0) is 0 Å². The van der Waals surface area contributed by atoms with Crippen molar-refractivity contribution in [2.24, 2.45) is 0 Å². The second-order valence-corrected chi connectivity index (χ2v) is 14.1. The van der Waals surface area contributed by atoms with E-state index < -0.39 is 0 Å². The maximum absolute atomic E-state index is 13.0. The van der Waals surface area contributed by atoms with Gasteiger partial charge >= 0.3 is 0 Å². The monoisotopic (exact) mass is 748 g/mol. The molecule has 0 bridgehead atoms. The molecule has 0 amide bonds. The maximum Gasteiger partial charge on any atom is 0.194 e. The molecular weight excluding hydrogens is 697 g/mol. The number of methoxy groups -OCH3 is 2. The number of ketones is 2. The number of fused-ring (bicyclic) bond motifs is 6. The second kappa shape index (κ2) is 17.6. The number of ether oxygens (including phenoxy) is 6. The Morgan fingerprint density at radius 3 is 1.29 bits per heavy atom. The van der Waals surface area contributed by atoms with Gasteiger partial charge in [0.1, 0.15) is 47.7 Å². The van der Waals surface area contributed by atoms with Gasteiger partial charge in [0.25, 0.3) is 0 Å². The van der Waals surface area contributed by atoms with Crippen molar-refractivity contribution in [2.45, 2.75) is 46.0 Å². The molecule has 4 aliphatic rings. The summed E-state index contributed by atoms with van der Waals surface area (Å²) in [7, 11) is 3.19. The highest BCUT2D eigenvalue weighted by Gasteiger charge is 2.35. The van der Waals surface area contributed by atoms with E-state index in [0.717, 1.165) is 73.0 Å². The molecule has 2 aliphatic carbocycles. The molecule has 0 radical (unpaired) electrons. The molecule has 4 aromatic rings. The summed E-state index contributed by atoms with van der Waals surface area (Å²) in [6.45, 7) is 12.5. The van der Waals surface area contributed by atoms with Crippen molar-refractivity contribution < 1.29 is 38.0 Å². The minimum absolute atomic E-state index is 0.00802. The van der Waals surface area contributed by atoms with Gasteiger partial charge in [-0.3, -0.25) is 19.4 Å². The quantitative estimate of drug-likeness (QED) is 0.109. The van der Waals surface area contributed by atoms with Gasteiger partial charge in [-0.2, -0.15) is 0 Å². The van der Waals surface area contributed by atoms with E-state index in [2.05, 4.69) is 9.80 Å². The second-order valence-electron chi connectivity index (χ2n) is 14.1. The van der Waals surface area contributed by atoms with Crippen LogP contribution in [0.1, 0.15) is 77.8 Å². The van der Waals surface area contributed by atoms with E-state index in [1.54, 1.807) is 26.4 Å². The lowest BCUT2D eigenvalue weighted by Gasteiger charge is -2.26. The molecule has 2 fully saturated rings. The molecule has 0 atom stereocenters. The highest BCUT2D eigenvalue weighted by atomic mass is 16.5. The van der Waals surface area contributed by atoms with Gasteiger partial charge in [-0.05, 0) is 90.0 Å². The summed E-state index contributed by atoms with van der Waals surface area (Å²) in [5, 5.41) is 0. The first-order valence-electron chi connectivity index (χ1n) is 19.7.